The van der Waals surface area contributed by atoms with Crippen LogP contribution in [0.4, 0.5) is 5.69 Å². The Morgan fingerprint density at radius 2 is 1.71 bits per heavy atom. The van der Waals surface area contributed by atoms with Crippen molar-refractivity contribution in [2.45, 2.75) is 12.8 Å². The Bertz CT molecular complexity index is 667. The maximum Gasteiger partial charge on any atom is 0.310 e. The second kappa shape index (κ2) is 6.09. The largest absolute Gasteiger partial charge is 0.508 e. The van der Waals surface area contributed by atoms with Gasteiger partial charge in [-0.15, -0.1) is 0 Å². The molecular formula is C16H15NO4. The van der Waals surface area contributed by atoms with E-state index in [0.717, 1.165) is 0 Å². The lowest BCUT2D eigenvalue weighted by Gasteiger charge is -2.15. The molecule has 0 aliphatic heterocycles. The number of carboxylic acids is 1. The van der Waals surface area contributed by atoms with Crippen molar-refractivity contribution in [3.63, 3.8) is 0 Å². The van der Waals surface area contributed by atoms with E-state index in [2.05, 4.69) is 5.32 Å². The number of hydrogen-bond acceptors (Lipinski definition) is 3. The summed E-state index contributed by atoms with van der Waals surface area (Å²) in [6.45, 7) is 1.45. The van der Waals surface area contributed by atoms with E-state index in [0.29, 0.717) is 11.3 Å². The summed E-state index contributed by atoms with van der Waals surface area (Å²) in [6.07, 6.45) is 0. The molecule has 2 rings (SSSR count). The topological polar surface area (TPSA) is 86.6 Å². The van der Waals surface area contributed by atoms with Gasteiger partial charge in [0.05, 0.1) is 5.92 Å². The molecule has 0 bridgehead atoms. The molecule has 0 aliphatic carbocycles. The van der Waals surface area contributed by atoms with Crippen LogP contribution in [0.5, 0.6) is 5.75 Å². The molecule has 0 heterocycles. The highest BCUT2D eigenvalue weighted by atomic mass is 16.4. The van der Waals surface area contributed by atoms with Crippen molar-refractivity contribution >= 4 is 17.6 Å². The SMILES string of the molecule is CC(C(=O)O)c1c(O)cccc1NC(=O)c1ccccc1. The van der Waals surface area contributed by atoms with Gasteiger partial charge in [0.15, 0.2) is 0 Å². The molecule has 0 fully saturated rings. The Kier molecular flexibility index (Phi) is 4.23. The first-order valence-corrected chi connectivity index (χ1v) is 6.41. The molecular weight excluding hydrogens is 270 g/mol. The number of carbonyl (C=O) groups is 2. The van der Waals surface area contributed by atoms with Crippen LogP contribution in [0.2, 0.25) is 0 Å². The van der Waals surface area contributed by atoms with Crippen molar-refractivity contribution in [1.82, 2.24) is 0 Å². The Labute approximate surface area is 121 Å². The zero-order chi connectivity index (χ0) is 15.4. The molecule has 3 N–H and O–H groups in total. The van der Waals surface area contributed by atoms with Crippen LogP contribution in [0.25, 0.3) is 0 Å². The molecule has 108 valence electrons. The molecule has 0 saturated carbocycles. The molecule has 5 nitrogen and oxygen atoms in total. The van der Waals surface area contributed by atoms with Gasteiger partial charge in [0.25, 0.3) is 5.91 Å². The second-order valence-corrected chi connectivity index (χ2v) is 4.62. The molecule has 1 atom stereocenters. The van der Waals surface area contributed by atoms with Gasteiger partial charge in [-0.05, 0) is 31.2 Å². The van der Waals surface area contributed by atoms with E-state index in [-0.39, 0.29) is 17.2 Å². The summed E-state index contributed by atoms with van der Waals surface area (Å²) in [6, 6.07) is 13.1. The third-order valence-corrected chi connectivity index (χ3v) is 3.17. The minimum Gasteiger partial charge on any atom is -0.508 e. The molecule has 1 unspecified atom stereocenters. The van der Waals surface area contributed by atoms with Crippen LogP contribution < -0.4 is 5.32 Å². The van der Waals surface area contributed by atoms with E-state index in [1.807, 2.05) is 0 Å². The number of phenols is 1. The molecule has 21 heavy (non-hydrogen) atoms. The molecule has 2 aromatic rings. The lowest BCUT2D eigenvalue weighted by molar-refractivity contribution is -0.138. The van der Waals surface area contributed by atoms with Crippen molar-refractivity contribution in [2.75, 3.05) is 5.32 Å². The zero-order valence-corrected chi connectivity index (χ0v) is 11.4. The first-order chi connectivity index (χ1) is 10.0. The summed E-state index contributed by atoms with van der Waals surface area (Å²) in [5, 5.41) is 21.6. The molecule has 1 amide bonds. The normalized spacial score (nSPS) is 11.7. The number of aliphatic carboxylic acids is 1. The Balaban J connectivity index is 2.35. The Morgan fingerprint density at radius 1 is 1.05 bits per heavy atom. The van der Waals surface area contributed by atoms with Crippen molar-refractivity contribution in [1.29, 1.82) is 0 Å². The Morgan fingerprint density at radius 3 is 2.33 bits per heavy atom. The van der Waals surface area contributed by atoms with Gasteiger partial charge >= 0.3 is 5.97 Å². The molecule has 0 radical (unpaired) electrons. The zero-order valence-electron chi connectivity index (χ0n) is 11.4. The van der Waals surface area contributed by atoms with Gasteiger partial charge in [-0.2, -0.15) is 0 Å². The lowest BCUT2D eigenvalue weighted by atomic mass is 9.98. The number of carbonyl (C=O) groups excluding carboxylic acids is 1. The predicted molar refractivity (Wildman–Crippen MR) is 78.6 cm³/mol. The Hall–Kier alpha value is -2.82. The molecule has 2 aromatic carbocycles. The summed E-state index contributed by atoms with van der Waals surface area (Å²) in [5.41, 5.74) is 0.933. The average molecular weight is 285 g/mol. The van der Waals surface area contributed by atoms with Crippen molar-refractivity contribution < 1.29 is 19.8 Å². The quantitative estimate of drug-likeness (QED) is 0.806. The second-order valence-electron chi connectivity index (χ2n) is 4.62. The fourth-order valence-corrected chi connectivity index (χ4v) is 2.02. The van der Waals surface area contributed by atoms with Crippen molar-refractivity contribution in [2.24, 2.45) is 0 Å². The number of phenolic OH excluding ortho intramolecular Hbond substituents is 1. The van der Waals surface area contributed by atoms with Crippen LogP contribution in [-0.2, 0) is 4.79 Å². The third kappa shape index (κ3) is 3.20. The van der Waals surface area contributed by atoms with Crippen LogP contribution in [0, 0.1) is 0 Å². The van der Waals surface area contributed by atoms with Crippen LogP contribution >= 0.6 is 0 Å². The average Bonchev–Trinajstić information content (AvgIpc) is 2.47. The van der Waals surface area contributed by atoms with Gasteiger partial charge in [-0.25, -0.2) is 0 Å². The van der Waals surface area contributed by atoms with E-state index in [4.69, 9.17) is 5.11 Å². The van der Waals surface area contributed by atoms with Gasteiger partial charge in [0.2, 0.25) is 0 Å². The maximum atomic E-state index is 12.1. The monoisotopic (exact) mass is 285 g/mol. The van der Waals surface area contributed by atoms with Gasteiger partial charge in [0.1, 0.15) is 5.75 Å². The number of rotatable bonds is 4. The number of benzene rings is 2. The van der Waals surface area contributed by atoms with E-state index in [1.54, 1.807) is 42.5 Å². The maximum absolute atomic E-state index is 12.1. The summed E-state index contributed by atoms with van der Waals surface area (Å²) in [7, 11) is 0. The van der Waals surface area contributed by atoms with Crippen LogP contribution in [0.3, 0.4) is 0 Å². The first kappa shape index (κ1) is 14.6. The van der Waals surface area contributed by atoms with Crippen molar-refractivity contribution in [3.05, 3.63) is 59.7 Å². The fraction of sp³-hybridized carbons (Fsp3) is 0.125. The lowest BCUT2D eigenvalue weighted by Crippen LogP contribution is -2.16. The van der Waals surface area contributed by atoms with Crippen LogP contribution in [0.1, 0.15) is 28.8 Å². The first-order valence-electron chi connectivity index (χ1n) is 6.41. The van der Waals surface area contributed by atoms with E-state index < -0.39 is 11.9 Å². The van der Waals surface area contributed by atoms with Gasteiger partial charge in [0, 0.05) is 16.8 Å². The van der Waals surface area contributed by atoms with Gasteiger partial charge in [-0.3, -0.25) is 9.59 Å². The number of carboxylic acid groups (broad SMARTS) is 1. The smallest absolute Gasteiger partial charge is 0.310 e. The molecule has 0 aliphatic rings. The van der Waals surface area contributed by atoms with Crippen LogP contribution in [-0.4, -0.2) is 22.1 Å². The van der Waals surface area contributed by atoms with Crippen LogP contribution in [0.15, 0.2) is 48.5 Å². The molecule has 0 saturated heterocycles. The molecule has 0 aromatic heterocycles. The van der Waals surface area contributed by atoms with E-state index in [9.17, 15) is 14.7 Å². The number of hydrogen-bond donors (Lipinski definition) is 3. The minimum atomic E-state index is -1.08. The number of amides is 1. The standard InChI is InChI=1S/C16H15NO4/c1-10(16(20)21)14-12(8-5-9-13(14)18)17-15(19)11-6-3-2-4-7-11/h2-10,18H,1H3,(H,17,19)(H,20,21). The highest BCUT2D eigenvalue weighted by molar-refractivity contribution is 6.05. The highest BCUT2D eigenvalue weighted by Gasteiger charge is 2.22. The van der Waals surface area contributed by atoms with Crippen molar-refractivity contribution in [3.8, 4) is 5.75 Å². The van der Waals surface area contributed by atoms with E-state index >= 15 is 0 Å². The fourth-order valence-electron chi connectivity index (χ4n) is 2.02. The summed E-state index contributed by atoms with van der Waals surface area (Å²) in [5.74, 6) is -2.53. The summed E-state index contributed by atoms with van der Waals surface area (Å²) < 4.78 is 0. The van der Waals surface area contributed by atoms with Gasteiger partial charge < -0.3 is 15.5 Å². The number of nitrogens with one attached hydrogen (secondary N) is 1. The number of anilines is 1. The summed E-state index contributed by atoms with van der Waals surface area (Å²) >= 11 is 0. The predicted octanol–water partition coefficient (Wildman–Crippen LogP) is 2.83. The minimum absolute atomic E-state index is 0.157. The summed E-state index contributed by atoms with van der Waals surface area (Å²) in [4.78, 5) is 23.3. The highest BCUT2D eigenvalue weighted by Crippen LogP contribution is 2.33. The molecule has 5 heteroatoms. The number of aromatic hydroxyl groups is 1. The molecule has 0 spiro atoms. The van der Waals surface area contributed by atoms with E-state index in [1.165, 1.54) is 13.0 Å². The van der Waals surface area contributed by atoms with Gasteiger partial charge in [-0.1, -0.05) is 24.3 Å². The third-order valence-electron chi connectivity index (χ3n) is 3.17.